The maximum Gasteiger partial charge on any atom is 0.338 e. The molecule has 1 atom stereocenters. The van der Waals surface area contributed by atoms with E-state index < -0.39 is 27.4 Å². The van der Waals surface area contributed by atoms with Crippen molar-refractivity contribution in [2.75, 3.05) is 6.61 Å². The van der Waals surface area contributed by atoms with Gasteiger partial charge in [0.15, 0.2) is 4.80 Å². The number of esters is 1. The third kappa shape index (κ3) is 4.80. The van der Waals surface area contributed by atoms with Crippen molar-refractivity contribution in [3.8, 4) is 0 Å². The molecular formula is C24H19ClN4O7S. The molecular weight excluding hydrogens is 524 g/mol. The number of carbonyl (C=O) groups is 1. The standard InChI is InChI=1S/C24H19ClN4O7S/c1-4-36-23(31)20-13(3)26-24-27(21(20)15-7-5-12(2)17(11-15)28(32)33)22(30)19(37-24)10-14-6-8-16(25)18(9-14)29(34)35/h5-11,21H,4H2,1-3H3. The number of hydrogen-bond acceptors (Lipinski definition) is 9. The summed E-state index contributed by atoms with van der Waals surface area (Å²) >= 11 is 6.92. The smallest absolute Gasteiger partial charge is 0.338 e. The number of rotatable bonds is 6. The Balaban J connectivity index is 1.98. The zero-order chi connectivity index (χ0) is 27.0. The molecule has 0 radical (unpaired) electrons. The van der Waals surface area contributed by atoms with Gasteiger partial charge < -0.3 is 4.74 Å². The van der Waals surface area contributed by atoms with Crippen LogP contribution in [-0.2, 0) is 9.53 Å². The van der Waals surface area contributed by atoms with Gasteiger partial charge in [-0.1, -0.05) is 41.1 Å². The molecule has 3 aromatic rings. The largest absolute Gasteiger partial charge is 0.463 e. The molecule has 0 saturated carbocycles. The lowest BCUT2D eigenvalue weighted by atomic mass is 9.94. The molecule has 4 rings (SSSR count). The third-order valence-corrected chi connectivity index (χ3v) is 7.03. The lowest BCUT2D eigenvalue weighted by molar-refractivity contribution is -0.385. The Kier molecular flexibility index (Phi) is 7.05. The molecule has 0 saturated heterocycles. The summed E-state index contributed by atoms with van der Waals surface area (Å²) in [6.45, 7) is 4.91. The zero-order valence-corrected chi connectivity index (χ0v) is 21.3. The molecule has 1 aromatic heterocycles. The molecule has 11 nitrogen and oxygen atoms in total. The third-order valence-electron chi connectivity index (χ3n) is 5.73. The summed E-state index contributed by atoms with van der Waals surface area (Å²) < 4.78 is 6.70. The van der Waals surface area contributed by atoms with Crippen LogP contribution in [0.4, 0.5) is 11.4 Å². The number of ether oxygens (including phenoxy) is 1. The molecule has 0 aliphatic carbocycles. The van der Waals surface area contributed by atoms with Gasteiger partial charge in [-0.2, -0.15) is 0 Å². The number of aryl methyl sites for hydroxylation is 1. The highest BCUT2D eigenvalue weighted by atomic mass is 35.5. The fraction of sp³-hybridized carbons (Fsp3) is 0.208. The number of fused-ring (bicyclic) bond motifs is 1. The Morgan fingerprint density at radius 2 is 1.86 bits per heavy atom. The van der Waals surface area contributed by atoms with Gasteiger partial charge in [0, 0.05) is 17.7 Å². The lowest BCUT2D eigenvalue weighted by Crippen LogP contribution is -2.40. The zero-order valence-electron chi connectivity index (χ0n) is 19.8. The number of benzene rings is 2. The number of thiazole rings is 1. The maximum atomic E-state index is 13.6. The summed E-state index contributed by atoms with van der Waals surface area (Å²) in [7, 11) is 0. The van der Waals surface area contributed by atoms with Crippen LogP contribution in [0.15, 0.2) is 57.5 Å². The van der Waals surface area contributed by atoms with Crippen molar-refractivity contribution in [1.82, 2.24) is 4.57 Å². The van der Waals surface area contributed by atoms with Crippen LogP contribution in [0, 0.1) is 27.2 Å². The van der Waals surface area contributed by atoms with Crippen LogP contribution in [0.2, 0.25) is 5.02 Å². The first kappa shape index (κ1) is 25.9. The Labute approximate surface area is 217 Å². The number of nitro groups is 2. The van der Waals surface area contributed by atoms with E-state index in [2.05, 4.69) is 4.99 Å². The molecule has 1 aliphatic rings. The predicted molar refractivity (Wildman–Crippen MR) is 136 cm³/mol. The highest BCUT2D eigenvalue weighted by Crippen LogP contribution is 2.33. The molecule has 190 valence electrons. The number of nitro benzene ring substituents is 2. The van der Waals surface area contributed by atoms with Crippen LogP contribution in [0.3, 0.4) is 0 Å². The van der Waals surface area contributed by atoms with Gasteiger partial charge in [-0.05, 0) is 44.0 Å². The van der Waals surface area contributed by atoms with Crippen LogP contribution in [0.5, 0.6) is 0 Å². The Morgan fingerprint density at radius 1 is 1.16 bits per heavy atom. The van der Waals surface area contributed by atoms with E-state index in [1.165, 1.54) is 34.9 Å². The number of hydrogen-bond donors (Lipinski definition) is 0. The Hall–Kier alpha value is -4.16. The minimum Gasteiger partial charge on any atom is -0.463 e. The fourth-order valence-electron chi connectivity index (χ4n) is 4.01. The summed E-state index contributed by atoms with van der Waals surface area (Å²) in [5.41, 5.74) is 0.518. The highest BCUT2D eigenvalue weighted by molar-refractivity contribution is 7.07. The number of allylic oxidation sites excluding steroid dienone is 1. The summed E-state index contributed by atoms with van der Waals surface area (Å²) in [4.78, 5) is 53.0. The molecule has 0 fully saturated rings. The van der Waals surface area contributed by atoms with Crippen molar-refractivity contribution < 1.29 is 19.4 Å². The average molecular weight is 543 g/mol. The highest BCUT2D eigenvalue weighted by Gasteiger charge is 2.34. The first-order valence-electron chi connectivity index (χ1n) is 10.9. The van der Waals surface area contributed by atoms with Crippen molar-refractivity contribution in [2.24, 2.45) is 4.99 Å². The quantitative estimate of drug-likeness (QED) is 0.263. The molecule has 37 heavy (non-hydrogen) atoms. The summed E-state index contributed by atoms with van der Waals surface area (Å²) in [6, 6.07) is 7.60. The van der Waals surface area contributed by atoms with E-state index in [1.807, 2.05) is 0 Å². The van der Waals surface area contributed by atoms with Crippen molar-refractivity contribution in [3.05, 3.63) is 109 Å². The number of aromatic nitrogens is 1. The fourth-order valence-corrected chi connectivity index (χ4v) is 5.24. The van der Waals surface area contributed by atoms with Gasteiger partial charge >= 0.3 is 5.97 Å². The summed E-state index contributed by atoms with van der Waals surface area (Å²) in [5.74, 6) is -0.695. The van der Waals surface area contributed by atoms with Crippen LogP contribution in [0.1, 0.15) is 36.6 Å². The summed E-state index contributed by atoms with van der Waals surface area (Å²) in [5, 5.41) is 22.8. The number of halogens is 1. The Morgan fingerprint density at radius 3 is 2.51 bits per heavy atom. The van der Waals surface area contributed by atoms with Crippen molar-refractivity contribution in [2.45, 2.75) is 26.8 Å². The van der Waals surface area contributed by atoms with Gasteiger partial charge in [-0.25, -0.2) is 9.79 Å². The SMILES string of the molecule is CCOC(=O)C1=C(C)N=c2sc(=Cc3ccc(Cl)c([N+](=O)[O-])c3)c(=O)n2C1c1ccc(C)c([N+](=O)[O-])c1. The molecule has 0 amide bonds. The average Bonchev–Trinajstić information content (AvgIpc) is 3.13. The van der Waals surface area contributed by atoms with E-state index in [9.17, 15) is 29.8 Å². The van der Waals surface area contributed by atoms with Gasteiger partial charge in [0.25, 0.3) is 16.9 Å². The van der Waals surface area contributed by atoms with Gasteiger partial charge in [0.05, 0.1) is 38.3 Å². The van der Waals surface area contributed by atoms with Gasteiger partial charge in [-0.15, -0.1) is 0 Å². The molecule has 2 heterocycles. The van der Waals surface area contributed by atoms with E-state index in [1.54, 1.807) is 32.9 Å². The Bertz CT molecular complexity index is 1690. The van der Waals surface area contributed by atoms with E-state index >= 15 is 0 Å². The molecule has 0 bridgehead atoms. The van der Waals surface area contributed by atoms with Crippen molar-refractivity contribution in [3.63, 3.8) is 0 Å². The topological polar surface area (TPSA) is 147 Å². The maximum absolute atomic E-state index is 13.6. The minimum absolute atomic E-state index is 0.0423. The van der Waals surface area contributed by atoms with E-state index in [4.69, 9.17) is 16.3 Å². The molecule has 2 aromatic carbocycles. The van der Waals surface area contributed by atoms with Crippen molar-refractivity contribution in [1.29, 1.82) is 0 Å². The van der Waals surface area contributed by atoms with E-state index in [0.717, 1.165) is 11.3 Å². The van der Waals surface area contributed by atoms with Crippen LogP contribution in [-0.4, -0.2) is 27.0 Å². The monoisotopic (exact) mass is 542 g/mol. The minimum atomic E-state index is -1.03. The summed E-state index contributed by atoms with van der Waals surface area (Å²) in [6.07, 6.45) is 1.46. The van der Waals surface area contributed by atoms with Gasteiger partial charge in [0.1, 0.15) is 5.02 Å². The van der Waals surface area contributed by atoms with Crippen LogP contribution < -0.4 is 14.9 Å². The predicted octanol–water partition coefficient (Wildman–Crippen LogP) is 3.58. The van der Waals surface area contributed by atoms with E-state index in [0.29, 0.717) is 22.4 Å². The molecule has 1 unspecified atom stereocenters. The van der Waals surface area contributed by atoms with Gasteiger partial charge in [-0.3, -0.25) is 29.6 Å². The molecule has 1 aliphatic heterocycles. The van der Waals surface area contributed by atoms with Gasteiger partial charge in [0.2, 0.25) is 0 Å². The van der Waals surface area contributed by atoms with Crippen LogP contribution in [0.25, 0.3) is 6.08 Å². The van der Waals surface area contributed by atoms with E-state index in [-0.39, 0.29) is 37.9 Å². The second-order valence-corrected chi connectivity index (χ2v) is 9.49. The normalized spacial score (nSPS) is 15.2. The lowest BCUT2D eigenvalue weighted by Gasteiger charge is -2.24. The molecule has 13 heteroatoms. The second kappa shape index (κ2) is 10.1. The second-order valence-electron chi connectivity index (χ2n) is 8.07. The molecule has 0 N–H and O–H groups in total. The first-order valence-corrected chi connectivity index (χ1v) is 12.1. The van der Waals surface area contributed by atoms with Crippen molar-refractivity contribution >= 4 is 46.4 Å². The number of carbonyl (C=O) groups excluding carboxylic acids is 1. The van der Waals surface area contributed by atoms with Crippen LogP contribution >= 0.6 is 22.9 Å². The molecule has 0 spiro atoms. The number of nitrogens with zero attached hydrogens (tertiary/aromatic N) is 4. The first-order chi connectivity index (χ1) is 17.5.